The average molecular weight is 435 g/mol. The molecule has 6 nitrogen and oxygen atoms in total. The molecule has 0 aromatic heterocycles. The zero-order valence-corrected chi connectivity index (χ0v) is 13.1. The maximum Gasteiger partial charge on any atom is 0.342 e. The minimum absolute atomic E-state index is 0.0790. The molecule has 0 unspecified atom stereocenters. The molecule has 0 heterocycles. The monoisotopic (exact) mass is 434 g/mol. The van der Waals surface area contributed by atoms with Gasteiger partial charge in [-0.2, -0.15) is 8.42 Å². The Labute approximate surface area is 120 Å². The molecule has 1 aromatic rings. The van der Waals surface area contributed by atoms with Crippen LogP contribution in [-0.2, 0) is 16.3 Å². The van der Waals surface area contributed by atoms with E-state index in [0.29, 0.717) is 0 Å². The second-order valence-corrected chi connectivity index (χ2v) is 7.29. The lowest BCUT2D eigenvalue weighted by atomic mass is 10.4. The molecule has 1 rings (SSSR count). The Morgan fingerprint density at radius 3 is 1.65 bits per heavy atom. The molecule has 0 amide bonds. The van der Waals surface area contributed by atoms with Crippen LogP contribution in [0.15, 0.2) is 12.1 Å². The molecule has 4 N–H and O–H groups in total. The molecule has 1 aromatic carbocycles. The standard InChI is InChI=1S/C6H2Cl3IO2.H4N2O2S/c7-3-1-5(9)6(10(11)12)2-4(3)8;1-5(2,3)4/h1-2H;(H4,1,2,3,4). The van der Waals surface area contributed by atoms with E-state index in [-0.39, 0.29) is 18.6 Å². The maximum atomic E-state index is 10.6. The fourth-order valence-corrected chi connectivity index (χ4v) is 2.88. The quantitative estimate of drug-likeness (QED) is 0.519. The summed E-state index contributed by atoms with van der Waals surface area (Å²) in [6, 6.07) is 2.58. The Kier molecular flexibility index (Phi) is 7.14. The Morgan fingerprint density at radius 2 is 1.29 bits per heavy atom. The molecule has 0 aliphatic carbocycles. The van der Waals surface area contributed by atoms with E-state index < -0.39 is 30.0 Å². The van der Waals surface area contributed by atoms with Crippen molar-refractivity contribution in [3.63, 3.8) is 0 Å². The minimum atomic E-state index is -3.67. The van der Waals surface area contributed by atoms with Crippen molar-refractivity contribution < 1.29 is 14.6 Å². The van der Waals surface area contributed by atoms with Crippen molar-refractivity contribution in [2.24, 2.45) is 10.3 Å². The van der Waals surface area contributed by atoms with Gasteiger partial charge in [0.05, 0.1) is 18.6 Å². The molecule has 0 bridgehead atoms. The fourth-order valence-electron chi connectivity index (χ4n) is 0.617. The molecule has 0 fully saturated rings. The van der Waals surface area contributed by atoms with Gasteiger partial charge in [-0.15, -0.1) is 0 Å². The molecule has 98 valence electrons. The van der Waals surface area contributed by atoms with Gasteiger partial charge in [0, 0.05) is 0 Å². The lowest BCUT2D eigenvalue weighted by Crippen LogP contribution is -2.21. The molecular formula is C6H6Cl3IN2O4S. The molecule has 0 spiro atoms. The van der Waals surface area contributed by atoms with Crippen LogP contribution >= 0.6 is 54.6 Å². The summed E-state index contributed by atoms with van der Waals surface area (Å²) in [5.41, 5.74) is 0. The van der Waals surface area contributed by atoms with Gasteiger partial charge in [-0.25, -0.2) is 16.4 Å². The van der Waals surface area contributed by atoms with Crippen LogP contribution in [0.1, 0.15) is 0 Å². The summed E-state index contributed by atoms with van der Waals surface area (Å²) in [6.45, 7) is 0. The average Bonchev–Trinajstić information content (AvgIpc) is 2.07. The molecular weight excluding hydrogens is 429 g/mol. The number of benzene rings is 1. The highest BCUT2D eigenvalue weighted by atomic mass is 127. The molecule has 11 heteroatoms. The van der Waals surface area contributed by atoms with E-state index in [4.69, 9.17) is 34.8 Å². The summed E-state index contributed by atoms with van der Waals surface area (Å²) in [5, 5.41) is 8.79. The highest BCUT2D eigenvalue weighted by Gasteiger charge is 2.09. The van der Waals surface area contributed by atoms with E-state index in [2.05, 4.69) is 10.3 Å². The first-order chi connectivity index (χ1) is 7.52. The highest BCUT2D eigenvalue weighted by molar-refractivity contribution is 14.2. The Bertz CT molecular complexity index is 571. The van der Waals surface area contributed by atoms with Gasteiger partial charge in [-0.3, -0.25) is 0 Å². The molecule has 0 saturated heterocycles. The number of hydrogen-bond acceptors (Lipinski definition) is 4. The van der Waals surface area contributed by atoms with E-state index >= 15 is 0 Å². The van der Waals surface area contributed by atoms with Crippen LogP contribution in [-0.4, -0.2) is 8.42 Å². The van der Waals surface area contributed by atoms with Gasteiger partial charge in [0.2, 0.25) is 0 Å². The lowest BCUT2D eigenvalue weighted by molar-refractivity contribution is 0.599. The third-order valence-corrected chi connectivity index (χ3v) is 4.32. The zero-order valence-electron chi connectivity index (χ0n) is 7.86. The Morgan fingerprint density at radius 1 is 0.941 bits per heavy atom. The van der Waals surface area contributed by atoms with E-state index in [1.165, 1.54) is 12.1 Å². The normalized spacial score (nSPS) is 10.9. The number of nitrogens with two attached hydrogens (primary N) is 2. The van der Waals surface area contributed by atoms with Crippen molar-refractivity contribution in [2.45, 2.75) is 0 Å². The topological polar surface area (TPSA) is 120 Å². The smallest absolute Gasteiger partial charge is 0.230 e. The first-order valence-electron chi connectivity index (χ1n) is 3.52. The summed E-state index contributed by atoms with van der Waals surface area (Å²) in [5.74, 6) is 0. The SMILES string of the molecule is NS(N)(=O)=O.O=I(=O)c1cc(Cl)c(Cl)cc1Cl. The second-order valence-electron chi connectivity index (χ2n) is 2.49. The molecule has 0 saturated carbocycles. The van der Waals surface area contributed by atoms with Gasteiger partial charge in [0.1, 0.15) is 0 Å². The number of rotatable bonds is 1. The van der Waals surface area contributed by atoms with Crippen LogP contribution in [0, 0.1) is 3.57 Å². The van der Waals surface area contributed by atoms with Gasteiger partial charge in [0.25, 0.3) is 10.2 Å². The van der Waals surface area contributed by atoms with E-state index in [1.807, 2.05) is 0 Å². The van der Waals surface area contributed by atoms with Gasteiger partial charge in [-0.05, 0) is 12.1 Å². The highest BCUT2D eigenvalue weighted by Crippen LogP contribution is 2.33. The summed E-state index contributed by atoms with van der Waals surface area (Å²) < 4.78 is 39.7. The van der Waals surface area contributed by atoms with Crippen molar-refractivity contribution in [1.82, 2.24) is 0 Å². The van der Waals surface area contributed by atoms with E-state index in [0.717, 1.165) is 0 Å². The Balaban J connectivity index is 0.000000437. The summed E-state index contributed by atoms with van der Waals surface area (Å²) in [6.07, 6.45) is 0. The van der Waals surface area contributed by atoms with Gasteiger partial charge < -0.3 is 0 Å². The van der Waals surface area contributed by atoms with E-state index in [1.54, 1.807) is 0 Å². The van der Waals surface area contributed by atoms with Crippen molar-refractivity contribution >= 4 is 64.8 Å². The third-order valence-electron chi connectivity index (χ3n) is 1.13. The van der Waals surface area contributed by atoms with Crippen LogP contribution in [0.3, 0.4) is 0 Å². The first-order valence-corrected chi connectivity index (χ1v) is 9.11. The van der Waals surface area contributed by atoms with Crippen LogP contribution in [0.5, 0.6) is 0 Å². The largest absolute Gasteiger partial charge is 0.342 e. The van der Waals surface area contributed by atoms with Crippen LogP contribution in [0.25, 0.3) is 0 Å². The summed E-state index contributed by atoms with van der Waals surface area (Å²) in [4.78, 5) is 0. The van der Waals surface area contributed by atoms with Gasteiger partial charge in [0.15, 0.2) is 0 Å². The molecule has 17 heavy (non-hydrogen) atoms. The van der Waals surface area contributed by atoms with Crippen molar-refractivity contribution in [3.8, 4) is 0 Å². The van der Waals surface area contributed by atoms with Gasteiger partial charge >= 0.3 is 19.8 Å². The van der Waals surface area contributed by atoms with Crippen LogP contribution in [0.4, 0.5) is 0 Å². The molecule has 0 aliphatic rings. The first kappa shape index (κ1) is 17.3. The number of halogens is 4. The van der Waals surface area contributed by atoms with Crippen LogP contribution < -0.4 is 10.3 Å². The molecule has 0 radical (unpaired) electrons. The molecule has 0 aliphatic heterocycles. The predicted molar refractivity (Wildman–Crippen MR) is 72.9 cm³/mol. The third kappa shape index (κ3) is 8.08. The van der Waals surface area contributed by atoms with Gasteiger partial charge in [-0.1, -0.05) is 34.8 Å². The van der Waals surface area contributed by atoms with Crippen molar-refractivity contribution in [2.75, 3.05) is 0 Å². The summed E-state index contributed by atoms with van der Waals surface area (Å²) >= 11 is 13.2. The van der Waals surface area contributed by atoms with Crippen molar-refractivity contribution in [1.29, 1.82) is 0 Å². The zero-order chi connectivity index (χ0) is 13.8. The Hall–Kier alpha value is 0.290. The summed E-state index contributed by atoms with van der Waals surface area (Å²) in [7, 11) is -3.67. The van der Waals surface area contributed by atoms with E-state index in [9.17, 15) is 14.6 Å². The van der Waals surface area contributed by atoms with Crippen molar-refractivity contribution in [3.05, 3.63) is 30.8 Å². The fraction of sp³-hybridized carbons (Fsp3) is 0. The minimum Gasteiger partial charge on any atom is -0.230 e. The lowest BCUT2D eigenvalue weighted by Gasteiger charge is -1.97. The maximum absolute atomic E-state index is 10.6. The second kappa shape index (κ2) is 7.02. The van der Waals surface area contributed by atoms with Crippen LogP contribution in [0.2, 0.25) is 15.1 Å². The predicted octanol–water partition coefficient (Wildman–Crippen LogP) is 2.16. The number of hydrogen-bond donors (Lipinski definition) is 2. The molecule has 0 atom stereocenters.